The van der Waals surface area contributed by atoms with Crippen LogP contribution in [0.1, 0.15) is 18.5 Å². The highest BCUT2D eigenvalue weighted by atomic mass is 35.5. The number of aromatic nitrogens is 2. The Morgan fingerprint density at radius 1 is 1.09 bits per heavy atom. The van der Waals surface area contributed by atoms with Crippen LogP contribution in [-0.2, 0) is 16.6 Å². The van der Waals surface area contributed by atoms with Crippen LogP contribution in [0.25, 0.3) is 16.9 Å². The van der Waals surface area contributed by atoms with Gasteiger partial charge in [0.1, 0.15) is 0 Å². The summed E-state index contributed by atoms with van der Waals surface area (Å²) in [4.78, 5) is 4.45. The molecule has 2 aromatic carbocycles. The van der Waals surface area contributed by atoms with Crippen LogP contribution in [0, 0.1) is 5.92 Å². The van der Waals surface area contributed by atoms with E-state index >= 15 is 0 Å². The summed E-state index contributed by atoms with van der Waals surface area (Å²) in [5.74, 6) is 0.802. The quantitative estimate of drug-likeness (QED) is 0.381. The van der Waals surface area contributed by atoms with Crippen LogP contribution in [0.3, 0.4) is 0 Å². The van der Waals surface area contributed by atoms with E-state index in [9.17, 15) is 8.42 Å². The largest absolute Gasteiger partial charge is 0.355 e. The first-order valence-electron chi connectivity index (χ1n) is 10.1. The molecular formula is C22H23Cl2N5O2S. The number of nitrogens with zero attached hydrogens (tertiary/aromatic N) is 3. The monoisotopic (exact) mass is 491 g/mol. The van der Waals surface area contributed by atoms with Crippen molar-refractivity contribution in [2.24, 2.45) is 10.9 Å². The van der Waals surface area contributed by atoms with E-state index in [0.717, 1.165) is 36.0 Å². The molecule has 1 aromatic heterocycles. The molecule has 168 valence electrons. The molecule has 7 nitrogen and oxygen atoms in total. The molecule has 1 aliphatic carbocycles. The van der Waals surface area contributed by atoms with Crippen molar-refractivity contribution in [3.63, 3.8) is 0 Å². The summed E-state index contributed by atoms with van der Waals surface area (Å²) < 4.78 is 27.7. The maximum atomic E-state index is 11.7. The predicted octanol–water partition coefficient (Wildman–Crippen LogP) is 4.25. The van der Waals surface area contributed by atoms with Crippen molar-refractivity contribution in [3.8, 4) is 16.9 Å². The van der Waals surface area contributed by atoms with Gasteiger partial charge in [0.2, 0.25) is 16.0 Å². The molecule has 0 spiro atoms. The minimum Gasteiger partial charge on any atom is -0.355 e. The fourth-order valence-electron chi connectivity index (χ4n) is 3.14. The standard InChI is InChI=1S/C22H23Cl2N5O2S/c1-32(30,31)28-22(25-13-15-2-3-15)26-14-19-12-21(16-4-6-17(23)7-5-16)29(27-19)20-10-8-18(24)9-11-20/h4-12,15H,2-3,13-14H2,1H3,(H2,25,26,28). The van der Waals surface area contributed by atoms with Crippen LogP contribution in [0.2, 0.25) is 10.0 Å². The van der Waals surface area contributed by atoms with Crippen molar-refractivity contribution < 1.29 is 8.42 Å². The Morgan fingerprint density at radius 2 is 1.72 bits per heavy atom. The van der Waals surface area contributed by atoms with Gasteiger partial charge >= 0.3 is 0 Å². The number of sulfonamides is 1. The molecule has 0 atom stereocenters. The smallest absolute Gasteiger partial charge is 0.232 e. The number of guanidine groups is 1. The number of hydrogen-bond acceptors (Lipinski definition) is 4. The average molecular weight is 492 g/mol. The lowest BCUT2D eigenvalue weighted by Crippen LogP contribution is -2.41. The van der Waals surface area contributed by atoms with Gasteiger partial charge in [-0.15, -0.1) is 0 Å². The van der Waals surface area contributed by atoms with Gasteiger partial charge in [-0.05, 0) is 61.2 Å². The summed E-state index contributed by atoms with van der Waals surface area (Å²) in [6, 6.07) is 16.8. The van der Waals surface area contributed by atoms with Gasteiger partial charge in [0, 0.05) is 22.2 Å². The van der Waals surface area contributed by atoms with Crippen molar-refractivity contribution in [1.29, 1.82) is 0 Å². The van der Waals surface area contributed by atoms with Crippen LogP contribution in [0.4, 0.5) is 0 Å². The Kier molecular flexibility index (Phi) is 6.74. The van der Waals surface area contributed by atoms with Gasteiger partial charge in [0.15, 0.2) is 0 Å². The fourth-order valence-corrected chi connectivity index (χ4v) is 3.88. The predicted molar refractivity (Wildman–Crippen MR) is 129 cm³/mol. The van der Waals surface area contributed by atoms with Crippen LogP contribution >= 0.6 is 23.2 Å². The normalized spacial score (nSPS) is 14.4. The Labute approximate surface area is 197 Å². The first kappa shape index (κ1) is 22.6. The third kappa shape index (κ3) is 6.25. The Bertz CT molecular complexity index is 1160. The molecule has 0 aliphatic heterocycles. The number of nitrogens with one attached hydrogen (secondary N) is 2. The van der Waals surface area contributed by atoms with Gasteiger partial charge in [-0.3, -0.25) is 4.72 Å². The number of halogens is 2. The van der Waals surface area contributed by atoms with Gasteiger partial charge in [0.25, 0.3) is 0 Å². The molecule has 1 saturated carbocycles. The molecule has 1 heterocycles. The van der Waals surface area contributed by atoms with E-state index < -0.39 is 10.0 Å². The SMILES string of the molecule is CS(=O)(=O)NC(=NCc1cc(-c2ccc(Cl)cc2)n(-c2ccc(Cl)cc2)n1)NCC1CC1. The molecule has 1 fully saturated rings. The molecular weight excluding hydrogens is 469 g/mol. The summed E-state index contributed by atoms with van der Waals surface area (Å²) in [7, 11) is -3.45. The molecule has 0 amide bonds. The molecule has 4 rings (SSSR count). The summed E-state index contributed by atoms with van der Waals surface area (Å²) in [5, 5.41) is 9.10. The lowest BCUT2D eigenvalue weighted by molar-refractivity contribution is 0.596. The zero-order valence-electron chi connectivity index (χ0n) is 17.4. The van der Waals surface area contributed by atoms with Crippen LogP contribution in [0.15, 0.2) is 59.6 Å². The van der Waals surface area contributed by atoms with E-state index in [4.69, 9.17) is 28.3 Å². The van der Waals surface area contributed by atoms with E-state index in [2.05, 4.69) is 15.0 Å². The van der Waals surface area contributed by atoms with Gasteiger partial charge in [-0.25, -0.2) is 18.1 Å². The van der Waals surface area contributed by atoms with Gasteiger partial charge in [-0.1, -0.05) is 35.3 Å². The van der Waals surface area contributed by atoms with Gasteiger partial charge in [-0.2, -0.15) is 5.10 Å². The van der Waals surface area contributed by atoms with Crippen LogP contribution in [0.5, 0.6) is 0 Å². The highest BCUT2D eigenvalue weighted by Gasteiger charge is 2.22. The maximum absolute atomic E-state index is 11.7. The van der Waals surface area contributed by atoms with Crippen molar-refractivity contribution in [2.75, 3.05) is 12.8 Å². The van der Waals surface area contributed by atoms with Crippen molar-refractivity contribution in [1.82, 2.24) is 19.8 Å². The third-order valence-corrected chi connectivity index (χ3v) is 5.98. The molecule has 1 aliphatic rings. The average Bonchev–Trinajstić information content (AvgIpc) is 3.48. The van der Waals surface area contributed by atoms with E-state index in [-0.39, 0.29) is 12.5 Å². The number of hydrogen-bond donors (Lipinski definition) is 2. The van der Waals surface area contributed by atoms with Crippen molar-refractivity contribution in [3.05, 3.63) is 70.3 Å². The lowest BCUT2D eigenvalue weighted by Gasteiger charge is -2.10. The molecule has 2 N–H and O–H groups in total. The molecule has 10 heteroatoms. The Morgan fingerprint density at radius 3 is 2.31 bits per heavy atom. The van der Waals surface area contributed by atoms with Gasteiger partial charge < -0.3 is 5.32 Å². The molecule has 3 aromatic rings. The molecule has 0 saturated heterocycles. The van der Waals surface area contributed by atoms with E-state index in [1.54, 1.807) is 12.1 Å². The molecule has 32 heavy (non-hydrogen) atoms. The summed E-state index contributed by atoms with van der Waals surface area (Å²) >= 11 is 12.1. The Balaban J connectivity index is 1.65. The zero-order valence-corrected chi connectivity index (χ0v) is 19.8. The Hall–Kier alpha value is -2.55. The van der Waals surface area contributed by atoms with E-state index in [0.29, 0.717) is 28.2 Å². The number of benzene rings is 2. The molecule has 0 unspecified atom stereocenters. The van der Waals surface area contributed by atoms with Crippen molar-refractivity contribution in [2.45, 2.75) is 19.4 Å². The second-order valence-corrected chi connectivity index (χ2v) is 10.4. The molecule has 0 radical (unpaired) electrons. The summed E-state index contributed by atoms with van der Waals surface area (Å²) in [5.41, 5.74) is 3.33. The van der Waals surface area contributed by atoms with E-state index in [1.807, 2.05) is 47.1 Å². The molecule has 0 bridgehead atoms. The second kappa shape index (κ2) is 9.52. The first-order chi connectivity index (χ1) is 15.3. The van der Waals surface area contributed by atoms with Crippen molar-refractivity contribution >= 4 is 39.2 Å². The highest BCUT2D eigenvalue weighted by molar-refractivity contribution is 7.89. The fraction of sp³-hybridized carbons (Fsp3) is 0.273. The lowest BCUT2D eigenvalue weighted by atomic mass is 10.1. The van der Waals surface area contributed by atoms with Crippen LogP contribution in [-0.4, -0.2) is 37.0 Å². The highest BCUT2D eigenvalue weighted by Crippen LogP contribution is 2.28. The van der Waals surface area contributed by atoms with Crippen LogP contribution < -0.4 is 10.0 Å². The van der Waals surface area contributed by atoms with E-state index in [1.165, 1.54) is 0 Å². The minimum atomic E-state index is -3.45. The third-order valence-electron chi connectivity index (χ3n) is 4.91. The summed E-state index contributed by atoms with van der Waals surface area (Å²) in [6.07, 6.45) is 3.40. The van der Waals surface area contributed by atoms with Gasteiger partial charge in [0.05, 0.1) is 29.9 Å². The minimum absolute atomic E-state index is 0.205. The topological polar surface area (TPSA) is 88.4 Å². The first-order valence-corrected chi connectivity index (χ1v) is 12.8. The number of aliphatic imine (C=N–C) groups is 1. The second-order valence-electron chi connectivity index (χ2n) is 7.78. The maximum Gasteiger partial charge on any atom is 0.232 e. The zero-order chi connectivity index (χ0) is 22.7. The summed E-state index contributed by atoms with van der Waals surface area (Å²) in [6.45, 7) is 0.896. The number of rotatable bonds is 7.